The molecule has 1 heterocycles. The Morgan fingerprint density at radius 3 is 3.00 bits per heavy atom. The normalized spacial score (nSPS) is 20.9. The highest BCUT2D eigenvalue weighted by Gasteiger charge is 2.31. The molecule has 1 aromatic carbocycles. The van der Waals surface area contributed by atoms with Gasteiger partial charge in [-0.05, 0) is 30.5 Å². The molecule has 98 valence electrons. The lowest BCUT2D eigenvalue weighted by Crippen LogP contribution is -2.44. The molecule has 2 unspecified atom stereocenters. The minimum absolute atomic E-state index is 0.242. The molecule has 2 N–H and O–H groups in total. The van der Waals surface area contributed by atoms with Gasteiger partial charge in [0.15, 0.2) is 5.96 Å². The molecular formula is C14H20FN3. The summed E-state index contributed by atoms with van der Waals surface area (Å²) in [4.78, 5) is 6.27. The van der Waals surface area contributed by atoms with E-state index in [0.29, 0.717) is 18.4 Å². The van der Waals surface area contributed by atoms with Crippen molar-refractivity contribution in [3.05, 3.63) is 30.1 Å². The molecule has 0 bridgehead atoms. The SMILES string of the molecule is CCCC(C)C1CN=C(N)N1c1cccc(F)c1. The fourth-order valence-electron chi connectivity index (χ4n) is 2.55. The Kier molecular flexibility index (Phi) is 3.84. The van der Waals surface area contributed by atoms with Crippen LogP contribution in [0.2, 0.25) is 0 Å². The second kappa shape index (κ2) is 5.38. The van der Waals surface area contributed by atoms with Gasteiger partial charge in [-0.1, -0.05) is 26.3 Å². The number of hydrogen-bond donors (Lipinski definition) is 1. The Morgan fingerprint density at radius 1 is 1.56 bits per heavy atom. The van der Waals surface area contributed by atoms with E-state index in [4.69, 9.17) is 5.73 Å². The molecule has 1 aromatic rings. The second-order valence-corrected chi connectivity index (χ2v) is 4.88. The second-order valence-electron chi connectivity index (χ2n) is 4.88. The summed E-state index contributed by atoms with van der Waals surface area (Å²) in [6.07, 6.45) is 2.26. The van der Waals surface area contributed by atoms with E-state index in [2.05, 4.69) is 18.8 Å². The van der Waals surface area contributed by atoms with Crippen LogP contribution in [0.5, 0.6) is 0 Å². The largest absolute Gasteiger partial charge is 0.370 e. The Morgan fingerprint density at radius 2 is 2.33 bits per heavy atom. The number of nitrogens with two attached hydrogens (primary N) is 1. The van der Waals surface area contributed by atoms with Gasteiger partial charge < -0.3 is 10.6 Å². The minimum atomic E-state index is -0.242. The van der Waals surface area contributed by atoms with Crippen molar-refractivity contribution in [2.24, 2.45) is 16.6 Å². The summed E-state index contributed by atoms with van der Waals surface area (Å²) in [5.74, 6) is 0.741. The zero-order valence-electron chi connectivity index (χ0n) is 10.9. The lowest BCUT2D eigenvalue weighted by molar-refractivity contribution is 0.439. The van der Waals surface area contributed by atoms with Crippen LogP contribution in [0.15, 0.2) is 29.3 Å². The van der Waals surface area contributed by atoms with Crippen molar-refractivity contribution in [3.63, 3.8) is 0 Å². The van der Waals surface area contributed by atoms with Crippen LogP contribution in [-0.4, -0.2) is 18.5 Å². The summed E-state index contributed by atoms with van der Waals surface area (Å²) >= 11 is 0. The number of nitrogens with zero attached hydrogens (tertiary/aromatic N) is 2. The number of hydrogen-bond acceptors (Lipinski definition) is 3. The van der Waals surface area contributed by atoms with Crippen LogP contribution in [0.3, 0.4) is 0 Å². The van der Waals surface area contributed by atoms with Crippen molar-refractivity contribution in [1.82, 2.24) is 0 Å². The number of aliphatic imine (C=N–C) groups is 1. The van der Waals surface area contributed by atoms with Crippen molar-refractivity contribution in [2.45, 2.75) is 32.7 Å². The van der Waals surface area contributed by atoms with E-state index in [-0.39, 0.29) is 11.9 Å². The van der Waals surface area contributed by atoms with E-state index < -0.39 is 0 Å². The van der Waals surface area contributed by atoms with Crippen molar-refractivity contribution in [1.29, 1.82) is 0 Å². The van der Waals surface area contributed by atoms with E-state index >= 15 is 0 Å². The van der Waals surface area contributed by atoms with Gasteiger partial charge in [-0.25, -0.2) is 4.39 Å². The Bertz CT molecular complexity index is 444. The van der Waals surface area contributed by atoms with Crippen molar-refractivity contribution in [3.8, 4) is 0 Å². The highest BCUT2D eigenvalue weighted by Crippen LogP contribution is 2.27. The first-order valence-corrected chi connectivity index (χ1v) is 6.48. The zero-order valence-corrected chi connectivity index (χ0v) is 10.9. The van der Waals surface area contributed by atoms with E-state index in [1.54, 1.807) is 6.07 Å². The van der Waals surface area contributed by atoms with Gasteiger partial charge in [-0.3, -0.25) is 4.99 Å². The van der Waals surface area contributed by atoms with Gasteiger partial charge in [0.25, 0.3) is 0 Å². The lowest BCUT2D eigenvalue weighted by atomic mass is 9.96. The van der Waals surface area contributed by atoms with Gasteiger partial charge >= 0.3 is 0 Å². The molecule has 1 aliphatic heterocycles. The van der Waals surface area contributed by atoms with Gasteiger partial charge in [-0.15, -0.1) is 0 Å². The van der Waals surface area contributed by atoms with Gasteiger partial charge in [0.1, 0.15) is 5.82 Å². The topological polar surface area (TPSA) is 41.6 Å². The predicted octanol–water partition coefficient (Wildman–Crippen LogP) is 2.77. The number of benzene rings is 1. The third-order valence-corrected chi connectivity index (χ3v) is 3.51. The van der Waals surface area contributed by atoms with Crippen molar-refractivity contribution < 1.29 is 4.39 Å². The first kappa shape index (κ1) is 12.9. The summed E-state index contributed by atoms with van der Waals surface area (Å²) in [6, 6.07) is 6.78. The highest BCUT2D eigenvalue weighted by molar-refractivity contribution is 5.97. The van der Waals surface area contributed by atoms with Gasteiger partial charge in [0.05, 0.1) is 12.6 Å². The average Bonchev–Trinajstić information content (AvgIpc) is 2.71. The fourth-order valence-corrected chi connectivity index (χ4v) is 2.55. The summed E-state index contributed by atoms with van der Waals surface area (Å²) in [5, 5.41) is 0. The molecule has 0 radical (unpaired) electrons. The fraction of sp³-hybridized carbons (Fsp3) is 0.500. The Balaban J connectivity index is 2.25. The summed E-state index contributed by atoms with van der Waals surface area (Å²) in [7, 11) is 0. The first-order chi connectivity index (χ1) is 8.63. The monoisotopic (exact) mass is 249 g/mol. The number of halogens is 1. The van der Waals surface area contributed by atoms with Crippen LogP contribution in [-0.2, 0) is 0 Å². The standard InChI is InChI=1S/C14H20FN3/c1-3-5-10(2)13-9-17-14(16)18(13)12-7-4-6-11(15)8-12/h4,6-8,10,13H,3,5,9H2,1-2H3,(H2,16,17). The van der Waals surface area contributed by atoms with E-state index in [9.17, 15) is 4.39 Å². The molecule has 3 nitrogen and oxygen atoms in total. The lowest BCUT2D eigenvalue weighted by Gasteiger charge is -2.30. The molecule has 0 spiro atoms. The van der Waals surface area contributed by atoms with E-state index in [1.807, 2.05) is 11.0 Å². The molecular weight excluding hydrogens is 229 g/mol. The highest BCUT2D eigenvalue weighted by atomic mass is 19.1. The summed E-state index contributed by atoms with van der Waals surface area (Å²) < 4.78 is 13.3. The molecule has 0 aromatic heterocycles. The van der Waals surface area contributed by atoms with Crippen LogP contribution in [0.1, 0.15) is 26.7 Å². The van der Waals surface area contributed by atoms with Crippen LogP contribution in [0.25, 0.3) is 0 Å². The zero-order chi connectivity index (χ0) is 13.1. The van der Waals surface area contributed by atoms with Crippen LogP contribution >= 0.6 is 0 Å². The van der Waals surface area contributed by atoms with Crippen LogP contribution in [0, 0.1) is 11.7 Å². The molecule has 1 aliphatic rings. The predicted molar refractivity (Wildman–Crippen MR) is 73.2 cm³/mol. The number of rotatable bonds is 4. The van der Waals surface area contributed by atoms with Gasteiger partial charge in [0.2, 0.25) is 0 Å². The quantitative estimate of drug-likeness (QED) is 0.891. The Labute approximate surface area is 108 Å². The summed E-state index contributed by atoms with van der Waals surface area (Å²) in [5.41, 5.74) is 6.73. The number of anilines is 1. The average molecular weight is 249 g/mol. The Hall–Kier alpha value is -1.58. The van der Waals surface area contributed by atoms with E-state index in [0.717, 1.165) is 18.5 Å². The third kappa shape index (κ3) is 2.47. The van der Waals surface area contributed by atoms with Crippen LogP contribution < -0.4 is 10.6 Å². The molecule has 0 aliphatic carbocycles. The molecule has 0 saturated carbocycles. The number of guanidine groups is 1. The molecule has 0 saturated heterocycles. The maximum Gasteiger partial charge on any atom is 0.196 e. The smallest absolute Gasteiger partial charge is 0.196 e. The van der Waals surface area contributed by atoms with Gasteiger partial charge in [0, 0.05) is 5.69 Å². The molecule has 0 fully saturated rings. The summed E-state index contributed by atoms with van der Waals surface area (Å²) in [6.45, 7) is 5.07. The third-order valence-electron chi connectivity index (χ3n) is 3.51. The van der Waals surface area contributed by atoms with Gasteiger partial charge in [-0.2, -0.15) is 0 Å². The molecule has 2 rings (SSSR count). The van der Waals surface area contributed by atoms with Crippen molar-refractivity contribution in [2.75, 3.05) is 11.4 Å². The molecule has 2 atom stereocenters. The molecule has 0 amide bonds. The van der Waals surface area contributed by atoms with Crippen LogP contribution in [0.4, 0.5) is 10.1 Å². The first-order valence-electron chi connectivity index (χ1n) is 6.48. The maximum absolute atomic E-state index is 13.3. The van der Waals surface area contributed by atoms with E-state index in [1.165, 1.54) is 12.1 Å². The maximum atomic E-state index is 13.3. The molecule has 18 heavy (non-hydrogen) atoms. The van der Waals surface area contributed by atoms with Crippen molar-refractivity contribution >= 4 is 11.6 Å². The molecule has 4 heteroatoms. The minimum Gasteiger partial charge on any atom is -0.370 e.